The molecule has 1 aromatic carbocycles. The van der Waals surface area contributed by atoms with Crippen LogP contribution in [0.3, 0.4) is 0 Å². The Balaban J connectivity index is 1.63. The highest BCUT2D eigenvalue weighted by Gasteiger charge is 2.23. The summed E-state index contributed by atoms with van der Waals surface area (Å²) in [6.45, 7) is 2.88. The molecule has 1 N–H and O–H groups in total. The minimum absolute atomic E-state index is 0.0876. The quantitative estimate of drug-likeness (QED) is 0.608. The number of aryl methyl sites for hydroxylation is 1. The lowest BCUT2D eigenvalue weighted by atomic mass is 10.2. The van der Waals surface area contributed by atoms with Crippen molar-refractivity contribution in [1.82, 2.24) is 14.9 Å². The van der Waals surface area contributed by atoms with Crippen molar-refractivity contribution in [2.75, 3.05) is 5.32 Å². The van der Waals surface area contributed by atoms with E-state index in [1.54, 1.807) is 38.1 Å². The number of carbonyl (C=O) groups excluding carboxylic acids is 2. The van der Waals surface area contributed by atoms with Gasteiger partial charge in [-0.15, -0.1) is 5.10 Å². The Morgan fingerprint density at radius 3 is 2.68 bits per heavy atom. The van der Waals surface area contributed by atoms with Crippen LogP contribution in [0.25, 0.3) is 11.5 Å². The number of amides is 1. The molecule has 2 heterocycles. The van der Waals surface area contributed by atoms with Crippen molar-refractivity contribution in [2.45, 2.75) is 32.9 Å². The molecule has 10 nitrogen and oxygen atoms in total. The Labute approximate surface area is 159 Å². The summed E-state index contributed by atoms with van der Waals surface area (Å²) in [5, 5.41) is 10.1. The van der Waals surface area contributed by atoms with E-state index < -0.39 is 30.3 Å². The molecule has 1 amide bonds. The van der Waals surface area contributed by atoms with Crippen LogP contribution in [-0.2, 0) is 20.9 Å². The molecule has 3 rings (SSSR count). The third kappa shape index (κ3) is 4.53. The number of esters is 1. The van der Waals surface area contributed by atoms with Crippen molar-refractivity contribution in [3.05, 3.63) is 52.7 Å². The molecule has 28 heavy (non-hydrogen) atoms. The number of nitrogens with zero attached hydrogens (tertiary/aromatic N) is 3. The topological polar surface area (TPSA) is 129 Å². The van der Waals surface area contributed by atoms with Crippen LogP contribution in [0.5, 0.6) is 0 Å². The van der Waals surface area contributed by atoms with E-state index >= 15 is 0 Å². The fourth-order valence-corrected chi connectivity index (χ4v) is 2.38. The van der Waals surface area contributed by atoms with Crippen molar-refractivity contribution in [3.8, 4) is 11.5 Å². The number of rotatable bonds is 7. The average Bonchev–Trinajstić information content (AvgIpc) is 3.25. The Kier molecular flexibility index (Phi) is 5.68. The first-order valence-electron chi connectivity index (χ1n) is 8.53. The number of aromatic nitrogens is 3. The summed E-state index contributed by atoms with van der Waals surface area (Å²) in [6, 6.07) is 10.3. The number of benzene rings is 1. The molecular weight excluding hydrogens is 368 g/mol. The van der Waals surface area contributed by atoms with E-state index in [0.29, 0.717) is 11.3 Å². The summed E-state index contributed by atoms with van der Waals surface area (Å²) in [5.74, 6) is -1.32. The van der Waals surface area contributed by atoms with Crippen LogP contribution in [0.4, 0.5) is 5.82 Å². The van der Waals surface area contributed by atoms with E-state index in [1.807, 2.05) is 6.07 Å². The fraction of sp³-hybridized carbons (Fsp3) is 0.278. The average molecular weight is 386 g/mol. The van der Waals surface area contributed by atoms with Gasteiger partial charge >= 0.3 is 11.7 Å². The van der Waals surface area contributed by atoms with Crippen LogP contribution in [0.2, 0.25) is 0 Å². The molecule has 0 radical (unpaired) electrons. The number of anilines is 1. The first-order valence-corrected chi connectivity index (χ1v) is 8.53. The lowest BCUT2D eigenvalue weighted by Gasteiger charge is -2.14. The number of ether oxygens (including phenoxy) is 1. The molecule has 0 aliphatic rings. The first-order chi connectivity index (χ1) is 13.5. The van der Waals surface area contributed by atoms with Gasteiger partial charge in [-0.25, -0.2) is 4.79 Å². The Morgan fingerprint density at radius 1 is 1.29 bits per heavy atom. The highest BCUT2D eigenvalue weighted by molar-refractivity contribution is 5.94. The zero-order valence-corrected chi connectivity index (χ0v) is 15.2. The standard InChI is InChI=1S/C18H18N4O6/c1-3-13(16(24)19-14-9-11(2)28-21-14)26-15(23)10-22-18(25)27-17(20-22)12-7-5-4-6-8-12/h4-9,13H,3,10H2,1-2H3,(H,19,21,24). The second-order valence-electron chi connectivity index (χ2n) is 5.90. The van der Waals surface area contributed by atoms with Crippen molar-refractivity contribution in [3.63, 3.8) is 0 Å². The van der Waals surface area contributed by atoms with Gasteiger partial charge in [0, 0.05) is 11.6 Å². The molecule has 146 valence electrons. The van der Waals surface area contributed by atoms with E-state index in [0.717, 1.165) is 4.68 Å². The predicted molar refractivity (Wildman–Crippen MR) is 96.2 cm³/mol. The Hall–Kier alpha value is -3.69. The second kappa shape index (κ2) is 8.33. The molecule has 3 aromatic rings. The molecule has 10 heteroatoms. The summed E-state index contributed by atoms with van der Waals surface area (Å²) in [7, 11) is 0. The number of nitrogens with one attached hydrogen (secondary N) is 1. The van der Waals surface area contributed by atoms with E-state index in [-0.39, 0.29) is 18.1 Å². The highest BCUT2D eigenvalue weighted by atomic mass is 16.5. The van der Waals surface area contributed by atoms with Gasteiger partial charge in [-0.05, 0) is 25.5 Å². The molecule has 1 atom stereocenters. The normalized spacial score (nSPS) is 11.8. The highest BCUT2D eigenvalue weighted by Crippen LogP contribution is 2.14. The van der Waals surface area contributed by atoms with Gasteiger partial charge < -0.3 is 19.0 Å². The van der Waals surface area contributed by atoms with Gasteiger partial charge in [0.05, 0.1) is 0 Å². The fourth-order valence-electron chi connectivity index (χ4n) is 2.38. The lowest BCUT2D eigenvalue weighted by molar-refractivity contribution is -0.155. The van der Waals surface area contributed by atoms with E-state index in [4.69, 9.17) is 13.7 Å². The summed E-state index contributed by atoms with van der Waals surface area (Å²) in [6.07, 6.45) is -0.821. The second-order valence-corrected chi connectivity index (χ2v) is 5.90. The van der Waals surface area contributed by atoms with Crippen LogP contribution in [0, 0.1) is 6.92 Å². The summed E-state index contributed by atoms with van der Waals surface area (Å²) < 4.78 is 15.9. The Bertz CT molecular complexity index is 1020. The largest absolute Gasteiger partial charge is 0.451 e. The van der Waals surface area contributed by atoms with Gasteiger partial charge in [-0.1, -0.05) is 30.3 Å². The number of hydrogen-bond donors (Lipinski definition) is 1. The Morgan fingerprint density at radius 2 is 2.04 bits per heavy atom. The minimum atomic E-state index is -1.05. The first kappa shape index (κ1) is 19.1. The van der Waals surface area contributed by atoms with E-state index in [9.17, 15) is 14.4 Å². The number of carbonyl (C=O) groups is 2. The van der Waals surface area contributed by atoms with Crippen LogP contribution in [0.1, 0.15) is 19.1 Å². The van der Waals surface area contributed by atoms with Crippen LogP contribution >= 0.6 is 0 Å². The van der Waals surface area contributed by atoms with E-state index in [2.05, 4.69) is 15.6 Å². The van der Waals surface area contributed by atoms with Crippen molar-refractivity contribution in [2.24, 2.45) is 0 Å². The van der Waals surface area contributed by atoms with Crippen molar-refractivity contribution < 1.29 is 23.3 Å². The zero-order valence-electron chi connectivity index (χ0n) is 15.2. The van der Waals surface area contributed by atoms with Crippen LogP contribution < -0.4 is 11.1 Å². The van der Waals surface area contributed by atoms with Gasteiger partial charge in [0.1, 0.15) is 12.3 Å². The van der Waals surface area contributed by atoms with Crippen molar-refractivity contribution >= 4 is 17.7 Å². The number of hydrogen-bond acceptors (Lipinski definition) is 8. The molecule has 0 fully saturated rings. The smallest absolute Gasteiger partial charge is 0.437 e. The lowest BCUT2D eigenvalue weighted by Crippen LogP contribution is -2.34. The van der Waals surface area contributed by atoms with Crippen molar-refractivity contribution in [1.29, 1.82) is 0 Å². The molecule has 1 unspecified atom stereocenters. The monoisotopic (exact) mass is 386 g/mol. The maximum Gasteiger partial charge on any atom is 0.437 e. The molecule has 0 bridgehead atoms. The van der Waals surface area contributed by atoms with Gasteiger partial charge in [0.15, 0.2) is 11.9 Å². The third-order valence-electron chi connectivity index (χ3n) is 3.72. The summed E-state index contributed by atoms with van der Waals surface area (Å²) in [4.78, 5) is 36.3. The van der Waals surface area contributed by atoms with Gasteiger partial charge in [0.25, 0.3) is 5.91 Å². The third-order valence-corrected chi connectivity index (χ3v) is 3.72. The summed E-state index contributed by atoms with van der Waals surface area (Å²) in [5.41, 5.74) is 0.598. The zero-order chi connectivity index (χ0) is 20.1. The molecule has 0 spiro atoms. The van der Waals surface area contributed by atoms with Gasteiger partial charge in [-0.3, -0.25) is 9.59 Å². The van der Waals surface area contributed by atoms with E-state index in [1.165, 1.54) is 6.07 Å². The SMILES string of the molecule is CCC(OC(=O)Cn1nc(-c2ccccc2)oc1=O)C(=O)Nc1cc(C)on1. The van der Waals surface area contributed by atoms with Gasteiger partial charge in [-0.2, -0.15) is 4.68 Å². The van der Waals surface area contributed by atoms with Crippen LogP contribution in [-0.4, -0.2) is 32.9 Å². The molecule has 0 saturated heterocycles. The molecular formula is C18H18N4O6. The maximum atomic E-state index is 12.2. The van der Waals surface area contributed by atoms with Crippen LogP contribution in [0.15, 0.2) is 50.1 Å². The maximum absolute atomic E-state index is 12.2. The molecule has 0 saturated carbocycles. The minimum Gasteiger partial charge on any atom is -0.451 e. The molecule has 0 aliphatic heterocycles. The molecule has 0 aliphatic carbocycles. The van der Waals surface area contributed by atoms with Gasteiger partial charge in [0.2, 0.25) is 5.89 Å². The molecule has 2 aromatic heterocycles. The summed E-state index contributed by atoms with van der Waals surface area (Å²) >= 11 is 0. The predicted octanol–water partition coefficient (Wildman–Crippen LogP) is 1.76.